The first kappa shape index (κ1) is 11.0. The van der Waals surface area contributed by atoms with Crippen molar-refractivity contribution >= 4 is 0 Å². The van der Waals surface area contributed by atoms with Crippen LogP contribution in [-0.2, 0) is 0 Å². The first-order chi connectivity index (χ1) is 6.02. The molecule has 0 aromatic heterocycles. The molecule has 0 radical (unpaired) electrons. The Kier molecular flexibility index (Phi) is 3.36. The molecule has 1 saturated carbocycles. The molecule has 0 saturated heterocycles. The van der Waals surface area contributed by atoms with Crippen molar-refractivity contribution in [2.45, 2.75) is 69.9 Å². The Morgan fingerprint density at radius 3 is 2.38 bits per heavy atom. The molecule has 1 rings (SSSR count). The largest absolute Gasteiger partial charge is 0.388 e. The van der Waals surface area contributed by atoms with Crippen molar-refractivity contribution in [1.29, 1.82) is 0 Å². The van der Waals surface area contributed by atoms with E-state index in [0.717, 1.165) is 44.9 Å². The molecule has 78 valence electrons. The van der Waals surface area contributed by atoms with Crippen LogP contribution in [0.1, 0.15) is 58.8 Å². The maximum Gasteiger partial charge on any atom is 0.0823 e. The third-order valence-corrected chi connectivity index (χ3v) is 3.54. The molecule has 0 aromatic rings. The predicted molar refractivity (Wildman–Crippen MR) is 55.5 cm³/mol. The Balaban J connectivity index is 2.55. The average Bonchev–Trinajstić information content (AvgIpc) is 2.50. The van der Waals surface area contributed by atoms with E-state index in [1.165, 1.54) is 0 Å². The lowest BCUT2D eigenvalue weighted by atomic mass is 9.77. The minimum Gasteiger partial charge on any atom is -0.388 e. The molecule has 13 heavy (non-hydrogen) atoms. The highest BCUT2D eigenvalue weighted by molar-refractivity contribution is 5.02. The molecule has 3 N–H and O–H groups in total. The van der Waals surface area contributed by atoms with Gasteiger partial charge in [-0.15, -0.1) is 0 Å². The van der Waals surface area contributed by atoms with Crippen molar-refractivity contribution in [1.82, 2.24) is 0 Å². The van der Waals surface area contributed by atoms with Gasteiger partial charge in [0.25, 0.3) is 0 Å². The zero-order valence-electron chi connectivity index (χ0n) is 8.97. The van der Waals surface area contributed by atoms with Crippen LogP contribution in [0.2, 0.25) is 0 Å². The summed E-state index contributed by atoms with van der Waals surface area (Å²) >= 11 is 0. The molecule has 0 bridgehead atoms. The van der Waals surface area contributed by atoms with E-state index in [9.17, 15) is 5.11 Å². The lowest BCUT2D eigenvalue weighted by Crippen LogP contribution is -2.57. The highest BCUT2D eigenvalue weighted by Crippen LogP contribution is 2.39. The van der Waals surface area contributed by atoms with E-state index in [4.69, 9.17) is 5.73 Å². The Labute approximate surface area is 81.5 Å². The van der Waals surface area contributed by atoms with Gasteiger partial charge in [-0.25, -0.2) is 0 Å². The summed E-state index contributed by atoms with van der Waals surface area (Å²) in [4.78, 5) is 0. The van der Waals surface area contributed by atoms with Crippen LogP contribution in [0.15, 0.2) is 0 Å². The zero-order valence-corrected chi connectivity index (χ0v) is 8.97. The highest BCUT2D eigenvalue weighted by Gasteiger charge is 2.45. The minimum atomic E-state index is -0.581. The number of nitrogens with two attached hydrogens (primary N) is 1. The third-order valence-electron chi connectivity index (χ3n) is 3.54. The Morgan fingerprint density at radius 2 is 1.92 bits per heavy atom. The summed E-state index contributed by atoms with van der Waals surface area (Å²) in [7, 11) is 0. The number of rotatable bonds is 4. The van der Waals surface area contributed by atoms with Crippen molar-refractivity contribution in [2.24, 2.45) is 5.73 Å². The quantitative estimate of drug-likeness (QED) is 0.705. The van der Waals surface area contributed by atoms with E-state index in [1.54, 1.807) is 0 Å². The smallest absolute Gasteiger partial charge is 0.0823 e. The van der Waals surface area contributed by atoms with Crippen LogP contribution in [0.4, 0.5) is 0 Å². The molecule has 0 aromatic carbocycles. The van der Waals surface area contributed by atoms with Gasteiger partial charge in [0, 0.05) is 5.54 Å². The van der Waals surface area contributed by atoms with E-state index in [1.807, 2.05) is 6.92 Å². The standard InChI is InChI=1S/C11H23NO/c1-3-4-7-10(2,12)11(13)8-5-6-9-11/h13H,3-9,12H2,1-2H3. The normalized spacial score (nSPS) is 25.8. The molecule has 1 aliphatic rings. The SMILES string of the molecule is CCCCC(C)(N)C1(O)CCCC1. The molecule has 0 spiro atoms. The Bertz CT molecular complexity index is 159. The molecule has 1 unspecified atom stereocenters. The van der Waals surface area contributed by atoms with Crippen molar-refractivity contribution in [3.8, 4) is 0 Å². The second-order valence-corrected chi connectivity index (χ2v) is 4.76. The van der Waals surface area contributed by atoms with Crippen molar-refractivity contribution in [3.05, 3.63) is 0 Å². The van der Waals surface area contributed by atoms with Gasteiger partial charge in [-0.3, -0.25) is 0 Å². The lowest BCUT2D eigenvalue weighted by molar-refractivity contribution is -0.0269. The maximum atomic E-state index is 10.3. The van der Waals surface area contributed by atoms with Crippen molar-refractivity contribution < 1.29 is 5.11 Å². The van der Waals surface area contributed by atoms with E-state index in [2.05, 4.69) is 6.92 Å². The van der Waals surface area contributed by atoms with Crippen LogP contribution in [0.3, 0.4) is 0 Å². The monoisotopic (exact) mass is 185 g/mol. The molecular formula is C11H23NO. The summed E-state index contributed by atoms with van der Waals surface area (Å²) in [6.07, 6.45) is 7.27. The predicted octanol–water partition coefficient (Wildman–Crippen LogP) is 2.20. The fraction of sp³-hybridized carbons (Fsp3) is 1.00. The van der Waals surface area contributed by atoms with Crippen molar-refractivity contribution in [2.75, 3.05) is 0 Å². The van der Waals surface area contributed by atoms with Crippen LogP contribution in [-0.4, -0.2) is 16.2 Å². The fourth-order valence-electron chi connectivity index (χ4n) is 2.31. The van der Waals surface area contributed by atoms with E-state index >= 15 is 0 Å². The van der Waals surface area contributed by atoms with Crippen LogP contribution in [0.5, 0.6) is 0 Å². The van der Waals surface area contributed by atoms with Gasteiger partial charge < -0.3 is 10.8 Å². The van der Waals surface area contributed by atoms with Crippen LogP contribution in [0, 0.1) is 0 Å². The van der Waals surface area contributed by atoms with Crippen molar-refractivity contribution in [3.63, 3.8) is 0 Å². The maximum absolute atomic E-state index is 10.3. The molecule has 2 heteroatoms. The summed E-state index contributed by atoms with van der Waals surface area (Å²) in [5.74, 6) is 0. The number of hydrogen-bond donors (Lipinski definition) is 2. The first-order valence-corrected chi connectivity index (χ1v) is 5.53. The number of aliphatic hydroxyl groups is 1. The molecule has 0 aliphatic heterocycles. The van der Waals surface area contributed by atoms with E-state index in [-0.39, 0.29) is 5.54 Å². The van der Waals surface area contributed by atoms with Crippen LogP contribution >= 0.6 is 0 Å². The van der Waals surface area contributed by atoms with Crippen LogP contribution < -0.4 is 5.73 Å². The van der Waals surface area contributed by atoms with Gasteiger partial charge in [-0.05, 0) is 26.2 Å². The van der Waals surface area contributed by atoms with E-state index < -0.39 is 5.60 Å². The van der Waals surface area contributed by atoms with Gasteiger partial charge in [0.2, 0.25) is 0 Å². The molecule has 1 atom stereocenters. The second-order valence-electron chi connectivity index (χ2n) is 4.76. The molecule has 1 aliphatic carbocycles. The minimum absolute atomic E-state index is 0.375. The molecule has 2 nitrogen and oxygen atoms in total. The first-order valence-electron chi connectivity index (χ1n) is 5.53. The summed E-state index contributed by atoms with van der Waals surface area (Å²) in [6.45, 7) is 4.17. The lowest BCUT2D eigenvalue weighted by Gasteiger charge is -2.40. The highest BCUT2D eigenvalue weighted by atomic mass is 16.3. The molecular weight excluding hydrogens is 162 g/mol. The fourth-order valence-corrected chi connectivity index (χ4v) is 2.31. The summed E-state index contributed by atoms with van der Waals surface area (Å²) in [5.41, 5.74) is 5.24. The van der Waals surface area contributed by atoms with Gasteiger partial charge in [0.05, 0.1) is 5.60 Å². The Morgan fingerprint density at radius 1 is 1.38 bits per heavy atom. The molecule has 0 heterocycles. The topological polar surface area (TPSA) is 46.2 Å². The van der Waals surface area contributed by atoms with Gasteiger partial charge >= 0.3 is 0 Å². The second kappa shape index (κ2) is 3.97. The summed E-state index contributed by atoms with van der Waals surface area (Å²) in [6, 6.07) is 0. The number of hydrogen-bond acceptors (Lipinski definition) is 2. The number of unbranched alkanes of at least 4 members (excludes halogenated alkanes) is 1. The molecule has 1 fully saturated rings. The van der Waals surface area contributed by atoms with E-state index in [0.29, 0.717) is 0 Å². The van der Waals surface area contributed by atoms with Gasteiger partial charge in [-0.2, -0.15) is 0 Å². The van der Waals surface area contributed by atoms with Gasteiger partial charge in [-0.1, -0.05) is 32.6 Å². The molecule has 0 amide bonds. The Hall–Kier alpha value is -0.0800. The third kappa shape index (κ3) is 2.23. The zero-order chi connectivity index (χ0) is 9.95. The van der Waals surface area contributed by atoms with Gasteiger partial charge in [0.1, 0.15) is 0 Å². The summed E-state index contributed by atoms with van der Waals surface area (Å²) in [5, 5.41) is 10.3. The van der Waals surface area contributed by atoms with Gasteiger partial charge in [0.15, 0.2) is 0 Å². The average molecular weight is 185 g/mol. The summed E-state index contributed by atoms with van der Waals surface area (Å²) < 4.78 is 0. The van der Waals surface area contributed by atoms with Crippen LogP contribution in [0.25, 0.3) is 0 Å².